The Morgan fingerprint density at radius 3 is 2.96 bits per heavy atom. The molecule has 1 aliphatic carbocycles. The molecule has 2 aromatic rings. The Hall–Kier alpha value is -2.41. The first-order valence-electron chi connectivity index (χ1n) is 8.60. The van der Waals surface area contributed by atoms with Crippen molar-refractivity contribution in [3.63, 3.8) is 0 Å². The van der Waals surface area contributed by atoms with E-state index in [1.165, 1.54) is 0 Å². The summed E-state index contributed by atoms with van der Waals surface area (Å²) in [5, 5.41) is 6.92. The molecule has 7 nitrogen and oxygen atoms in total. The summed E-state index contributed by atoms with van der Waals surface area (Å²) >= 11 is 0. The number of hydrogen-bond acceptors (Lipinski definition) is 6. The van der Waals surface area contributed by atoms with Crippen LogP contribution in [0.15, 0.2) is 28.8 Å². The first kappa shape index (κ1) is 17.4. The van der Waals surface area contributed by atoms with E-state index in [-0.39, 0.29) is 23.9 Å². The van der Waals surface area contributed by atoms with Crippen molar-refractivity contribution in [2.75, 3.05) is 7.11 Å². The van der Waals surface area contributed by atoms with Gasteiger partial charge in [0, 0.05) is 12.5 Å². The first-order valence-corrected chi connectivity index (χ1v) is 8.60. The summed E-state index contributed by atoms with van der Waals surface area (Å²) in [6, 6.07) is 7.21. The predicted octanol–water partition coefficient (Wildman–Crippen LogP) is 2.44. The van der Waals surface area contributed by atoms with Crippen LogP contribution in [-0.4, -0.2) is 29.2 Å². The zero-order valence-corrected chi connectivity index (χ0v) is 14.6. The van der Waals surface area contributed by atoms with Gasteiger partial charge in [-0.2, -0.15) is 4.98 Å². The maximum absolute atomic E-state index is 12.2. The van der Waals surface area contributed by atoms with E-state index in [1.807, 2.05) is 31.2 Å². The quantitative estimate of drug-likeness (QED) is 0.834. The third-order valence-electron chi connectivity index (χ3n) is 4.70. The van der Waals surface area contributed by atoms with E-state index in [0.29, 0.717) is 23.9 Å². The van der Waals surface area contributed by atoms with Crippen LogP contribution in [0.5, 0.6) is 5.75 Å². The number of hydrogen-bond donors (Lipinski definition) is 2. The van der Waals surface area contributed by atoms with Gasteiger partial charge in [-0.1, -0.05) is 23.7 Å². The van der Waals surface area contributed by atoms with Crippen molar-refractivity contribution in [2.24, 2.45) is 11.7 Å². The number of carbonyl (C=O) groups excluding carboxylic acids is 1. The molecule has 1 saturated carbocycles. The molecule has 7 heteroatoms. The van der Waals surface area contributed by atoms with Crippen LogP contribution in [0.4, 0.5) is 0 Å². The van der Waals surface area contributed by atoms with Gasteiger partial charge in [0.2, 0.25) is 17.6 Å². The van der Waals surface area contributed by atoms with Crippen molar-refractivity contribution in [1.29, 1.82) is 0 Å². The van der Waals surface area contributed by atoms with Crippen LogP contribution >= 0.6 is 0 Å². The lowest BCUT2D eigenvalue weighted by Crippen LogP contribution is -2.33. The summed E-state index contributed by atoms with van der Waals surface area (Å²) in [5.41, 5.74) is 6.78. The van der Waals surface area contributed by atoms with E-state index in [2.05, 4.69) is 15.5 Å². The molecule has 1 amide bonds. The number of carbonyl (C=O) groups is 1. The zero-order valence-electron chi connectivity index (χ0n) is 14.6. The topological polar surface area (TPSA) is 103 Å². The highest BCUT2D eigenvalue weighted by Gasteiger charge is 2.27. The monoisotopic (exact) mass is 344 g/mol. The van der Waals surface area contributed by atoms with Gasteiger partial charge in [0.25, 0.3) is 0 Å². The van der Waals surface area contributed by atoms with Crippen molar-refractivity contribution in [2.45, 2.75) is 44.7 Å². The molecule has 0 spiro atoms. The van der Waals surface area contributed by atoms with E-state index in [4.69, 9.17) is 15.0 Å². The molecule has 3 rings (SSSR count). The van der Waals surface area contributed by atoms with Gasteiger partial charge >= 0.3 is 0 Å². The Kier molecular flexibility index (Phi) is 5.33. The molecule has 1 aliphatic rings. The molecule has 1 aromatic carbocycles. The lowest BCUT2D eigenvalue weighted by Gasteiger charge is -2.16. The van der Waals surface area contributed by atoms with Gasteiger partial charge in [-0.05, 0) is 37.8 Å². The second-order valence-electron chi connectivity index (χ2n) is 6.50. The lowest BCUT2D eigenvalue weighted by atomic mass is 10.00. The number of amides is 1. The van der Waals surface area contributed by atoms with E-state index in [1.54, 1.807) is 7.11 Å². The number of benzene rings is 1. The number of nitrogens with one attached hydrogen (secondary N) is 1. The smallest absolute Gasteiger partial charge is 0.249 e. The van der Waals surface area contributed by atoms with Crippen molar-refractivity contribution < 1.29 is 14.1 Å². The summed E-state index contributed by atoms with van der Waals surface area (Å²) in [4.78, 5) is 16.6. The van der Waals surface area contributed by atoms with Crippen molar-refractivity contribution in [3.05, 3.63) is 30.2 Å². The number of ether oxygens (including phenoxy) is 1. The molecule has 3 atom stereocenters. The standard InChI is InChI=1S/C18H24N4O3/c1-11(20-16(23)10-12-6-5-8-14(12)19)18-21-17(22-25-18)13-7-3-4-9-15(13)24-2/h3-4,7,9,11-12,14H,5-6,8,10,19H2,1-2H3,(H,20,23)/t11?,12-,14+/m0/s1. The number of aromatic nitrogens is 2. The Morgan fingerprint density at radius 2 is 2.24 bits per heavy atom. The zero-order chi connectivity index (χ0) is 17.8. The van der Waals surface area contributed by atoms with Gasteiger partial charge in [0.15, 0.2) is 0 Å². The minimum atomic E-state index is -0.360. The molecule has 1 fully saturated rings. The Bertz CT molecular complexity index is 731. The van der Waals surface area contributed by atoms with Gasteiger partial charge in [-0.15, -0.1) is 0 Å². The average Bonchev–Trinajstić information content (AvgIpc) is 3.24. The molecule has 0 saturated heterocycles. The maximum atomic E-state index is 12.2. The fraction of sp³-hybridized carbons (Fsp3) is 0.500. The minimum Gasteiger partial charge on any atom is -0.496 e. The maximum Gasteiger partial charge on any atom is 0.249 e. The summed E-state index contributed by atoms with van der Waals surface area (Å²) < 4.78 is 10.6. The Labute approximate surface area is 146 Å². The number of methoxy groups -OCH3 is 1. The number of nitrogens with two attached hydrogens (primary N) is 1. The summed E-state index contributed by atoms with van der Waals surface area (Å²) in [6.07, 6.45) is 3.56. The van der Waals surface area contributed by atoms with Crippen LogP contribution in [0, 0.1) is 5.92 Å². The van der Waals surface area contributed by atoms with Crippen LogP contribution in [0.25, 0.3) is 11.4 Å². The Balaban J connectivity index is 1.64. The van der Waals surface area contributed by atoms with Gasteiger partial charge in [-0.25, -0.2) is 0 Å². The Morgan fingerprint density at radius 1 is 1.44 bits per heavy atom. The average molecular weight is 344 g/mol. The summed E-state index contributed by atoms with van der Waals surface area (Å²) in [7, 11) is 1.59. The van der Waals surface area contributed by atoms with Gasteiger partial charge < -0.3 is 20.3 Å². The largest absolute Gasteiger partial charge is 0.496 e. The molecule has 1 unspecified atom stereocenters. The third kappa shape index (κ3) is 3.99. The highest BCUT2D eigenvalue weighted by molar-refractivity contribution is 5.76. The van der Waals surface area contributed by atoms with Crippen molar-refractivity contribution in [1.82, 2.24) is 15.5 Å². The molecule has 1 heterocycles. The van der Waals surface area contributed by atoms with Gasteiger partial charge in [0.1, 0.15) is 11.8 Å². The lowest BCUT2D eigenvalue weighted by molar-refractivity contribution is -0.122. The highest BCUT2D eigenvalue weighted by Crippen LogP contribution is 2.29. The fourth-order valence-corrected chi connectivity index (χ4v) is 3.27. The molecule has 0 bridgehead atoms. The third-order valence-corrected chi connectivity index (χ3v) is 4.70. The molecule has 0 aliphatic heterocycles. The van der Waals surface area contributed by atoms with Gasteiger partial charge in [0.05, 0.1) is 12.7 Å². The first-order chi connectivity index (χ1) is 12.1. The van der Waals surface area contributed by atoms with Crippen LogP contribution in [-0.2, 0) is 4.79 Å². The summed E-state index contributed by atoms with van der Waals surface area (Å²) in [6.45, 7) is 1.83. The van der Waals surface area contributed by atoms with Crippen LogP contribution < -0.4 is 15.8 Å². The van der Waals surface area contributed by atoms with Crippen molar-refractivity contribution >= 4 is 5.91 Å². The van der Waals surface area contributed by atoms with Crippen molar-refractivity contribution in [3.8, 4) is 17.1 Å². The molecular weight excluding hydrogens is 320 g/mol. The molecule has 1 aromatic heterocycles. The second-order valence-corrected chi connectivity index (χ2v) is 6.50. The molecule has 134 valence electrons. The fourth-order valence-electron chi connectivity index (χ4n) is 3.27. The number of nitrogens with zero attached hydrogens (tertiary/aromatic N) is 2. The molecule has 0 radical (unpaired) electrons. The molecule has 3 N–H and O–H groups in total. The number of rotatable bonds is 6. The van der Waals surface area contributed by atoms with Crippen LogP contribution in [0.1, 0.15) is 44.5 Å². The van der Waals surface area contributed by atoms with E-state index < -0.39 is 0 Å². The molecular formula is C18H24N4O3. The van der Waals surface area contributed by atoms with Gasteiger partial charge in [-0.3, -0.25) is 4.79 Å². The second kappa shape index (κ2) is 7.65. The van der Waals surface area contributed by atoms with E-state index in [0.717, 1.165) is 24.8 Å². The predicted molar refractivity (Wildman–Crippen MR) is 92.8 cm³/mol. The van der Waals surface area contributed by atoms with Crippen LogP contribution in [0.2, 0.25) is 0 Å². The van der Waals surface area contributed by atoms with E-state index >= 15 is 0 Å². The number of para-hydroxylation sites is 1. The molecule has 25 heavy (non-hydrogen) atoms. The minimum absolute atomic E-state index is 0.0353. The normalized spacial score (nSPS) is 21.1. The van der Waals surface area contributed by atoms with Crippen LogP contribution in [0.3, 0.4) is 0 Å². The van der Waals surface area contributed by atoms with E-state index in [9.17, 15) is 4.79 Å². The SMILES string of the molecule is COc1ccccc1-c1noc(C(C)NC(=O)C[C@@H]2CCC[C@H]2N)n1. The summed E-state index contributed by atoms with van der Waals surface area (Å²) in [5.74, 6) is 1.70. The highest BCUT2D eigenvalue weighted by atomic mass is 16.5.